The summed E-state index contributed by atoms with van der Waals surface area (Å²) >= 11 is 0. The van der Waals surface area contributed by atoms with Crippen LogP contribution < -0.4 is 0 Å². The second-order valence-corrected chi connectivity index (χ2v) is 4.90. The third-order valence-electron chi connectivity index (χ3n) is 3.80. The van der Waals surface area contributed by atoms with E-state index in [2.05, 4.69) is 12.5 Å². The monoisotopic (exact) mass is 252 g/mol. The number of carbonyl (C=O) groups is 2. The molecule has 1 fully saturated rings. The molecule has 0 atom stereocenters. The van der Waals surface area contributed by atoms with Crippen LogP contribution in [0.1, 0.15) is 30.4 Å². The van der Waals surface area contributed by atoms with E-state index in [0.29, 0.717) is 25.7 Å². The number of Topliss-reactive ketones (excluding diaryl/α,β-unsaturated/α-hetero) is 2. The first-order chi connectivity index (χ1) is 9.14. The Morgan fingerprint density at radius 1 is 1.26 bits per heavy atom. The molecular weight excluding hydrogens is 236 g/mol. The fourth-order valence-corrected chi connectivity index (χ4v) is 2.74. The topological polar surface area (TPSA) is 34.1 Å². The fraction of sp³-hybridized carbons (Fsp3) is 0.294. The molecule has 0 aromatic heterocycles. The van der Waals surface area contributed by atoms with Gasteiger partial charge in [-0.1, -0.05) is 30.2 Å². The van der Waals surface area contributed by atoms with Gasteiger partial charge in [-0.3, -0.25) is 9.59 Å². The van der Waals surface area contributed by atoms with Gasteiger partial charge in [-0.2, -0.15) is 0 Å². The van der Waals surface area contributed by atoms with Gasteiger partial charge < -0.3 is 0 Å². The zero-order valence-electron chi connectivity index (χ0n) is 10.8. The standard InChI is InChI=1S/C17H16O2/c1-3-11-17(15(18)9-10-16(17)19)12-14-8-6-5-7-13(14)4-2/h2-3,5-8H,1,9-12H2. The summed E-state index contributed by atoms with van der Waals surface area (Å²) in [5.74, 6) is 2.65. The van der Waals surface area contributed by atoms with Crippen molar-refractivity contribution in [3.8, 4) is 12.3 Å². The van der Waals surface area contributed by atoms with Crippen molar-refractivity contribution >= 4 is 11.6 Å². The van der Waals surface area contributed by atoms with Crippen LogP contribution in [0.5, 0.6) is 0 Å². The lowest BCUT2D eigenvalue weighted by Crippen LogP contribution is -2.35. The molecule has 19 heavy (non-hydrogen) atoms. The number of terminal acetylenes is 1. The molecule has 1 aromatic carbocycles. The van der Waals surface area contributed by atoms with Crippen molar-refractivity contribution in [3.05, 3.63) is 48.0 Å². The molecule has 2 nitrogen and oxygen atoms in total. The van der Waals surface area contributed by atoms with Crippen molar-refractivity contribution in [3.63, 3.8) is 0 Å². The number of carbonyl (C=O) groups excluding carboxylic acids is 2. The van der Waals surface area contributed by atoms with Gasteiger partial charge in [0, 0.05) is 18.4 Å². The van der Waals surface area contributed by atoms with Gasteiger partial charge in [-0.05, 0) is 24.5 Å². The van der Waals surface area contributed by atoms with Crippen molar-refractivity contribution in [1.29, 1.82) is 0 Å². The number of rotatable bonds is 4. The SMILES string of the molecule is C#Cc1ccccc1CC1(CC=C)C(=O)CCC1=O. The molecule has 0 saturated heterocycles. The van der Waals surface area contributed by atoms with Gasteiger partial charge >= 0.3 is 0 Å². The summed E-state index contributed by atoms with van der Waals surface area (Å²) in [5, 5.41) is 0. The van der Waals surface area contributed by atoms with E-state index in [9.17, 15) is 9.59 Å². The molecule has 2 rings (SSSR count). The molecule has 1 saturated carbocycles. The van der Waals surface area contributed by atoms with Crippen LogP contribution >= 0.6 is 0 Å². The third kappa shape index (κ3) is 2.24. The van der Waals surface area contributed by atoms with E-state index in [4.69, 9.17) is 6.42 Å². The molecule has 0 heterocycles. The van der Waals surface area contributed by atoms with Crippen LogP contribution in [0.15, 0.2) is 36.9 Å². The number of allylic oxidation sites excluding steroid dienone is 1. The van der Waals surface area contributed by atoms with Crippen LogP contribution in [0.3, 0.4) is 0 Å². The van der Waals surface area contributed by atoms with E-state index in [1.807, 2.05) is 24.3 Å². The highest BCUT2D eigenvalue weighted by atomic mass is 16.2. The maximum atomic E-state index is 12.2. The highest BCUT2D eigenvalue weighted by molar-refractivity contribution is 6.13. The largest absolute Gasteiger partial charge is 0.299 e. The Hall–Kier alpha value is -2.14. The first kappa shape index (κ1) is 13.3. The van der Waals surface area contributed by atoms with Crippen LogP contribution in [0, 0.1) is 17.8 Å². The summed E-state index contributed by atoms with van der Waals surface area (Å²) in [7, 11) is 0. The van der Waals surface area contributed by atoms with E-state index in [-0.39, 0.29) is 11.6 Å². The maximum Gasteiger partial charge on any atom is 0.147 e. The third-order valence-corrected chi connectivity index (χ3v) is 3.80. The summed E-state index contributed by atoms with van der Waals surface area (Å²) in [6.07, 6.45) is 8.58. The molecule has 1 aromatic rings. The molecule has 0 unspecified atom stereocenters. The van der Waals surface area contributed by atoms with E-state index >= 15 is 0 Å². The van der Waals surface area contributed by atoms with Crippen molar-refractivity contribution in [1.82, 2.24) is 0 Å². The number of benzene rings is 1. The van der Waals surface area contributed by atoms with Gasteiger partial charge in [-0.25, -0.2) is 0 Å². The highest BCUT2D eigenvalue weighted by Gasteiger charge is 2.48. The minimum absolute atomic E-state index is 0.0178. The Labute approximate surface area is 113 Å². The van der Waals surface area contributed by atoms with Crippen LogP contribution in [-0.2, 0) is 16.0 Å². The summed E-state index contributed by atoms with van der Waals surface area (Å²) < 4.78 is 0. The quantitative estimate of drug-likeness (QED) is 0.469. The number of hydrogen-bond acceptors (Lipinski definition) is 2. The lowest BCUT2D eigenvalue weighted by Gasteiger charge is -2.25. The van der Waals surface area contributed by atoms with E-state index in [1.165, 1.54) is 0 Å². The summed E-state index contributed by atoms with van der Waals surface area (Å²) in [4.78, 5) is 24.4. The smallest absolute Gasteiger partial charge is 0.147 e. The lowest BCUT2D eigenvalue weighted by molar-refractivity contribution is -0.134. The van der Waals surface area contributed by atoms with Gasteiger partial charge in [0.15, 0.2) is 0 Å². The molecule has 1 aliphatic rings. The number of hydrogen-bond donors (Lipinski definition) is 0. The van der Waals surface area contributed by atoms with Gasteiger partial charge in [0.25, 0.3) is 0 Å². The average Bonchev–Trinajstić information content (AvgIpc) is 2.68. The summed E-state index contributed by atoms with van der Waals surface area (Å²) in [6.45, 7) is 3.68. The predicted octanol–water partition coefficient (Wildman–Crippen LogP) is 2.70. The highest BCUT2D eigenvalue weighted by Crippen LogP contribution is 2.39. The second kappa shape index (κ2) is 5.24. The zero-order chi connectivity index (χ0) is 13.9. The van der Waals surface area contributed by atoms with E-state index in [1.54, 1.807) is 6.08 Å². The Balaban J connectivity index is 2.42. The first-order valence-corrected chi connectivity index (χ1v) is 6.36. The lowest BCUT2D eigenvalue weighted by atomic mass is 9.75. The van der Waals surface area contributed by atoms with Crippen LogP contribution in [0.25, 0.3) is 0 Å². The molecule has 0 aliphatic heterocycles. The molecule has 0 amide bonds. The van der Waals surface area contributed by atoms with Gasteiger partial charge in [-0.15, -0.1) is 13.0 Å². The molecule has 1 aliphatic carbocycles. The molecule has 0 N–H and O–H groups in total. The number of ketones is 2. The Kier molecular flexibility index (Phi) is 3.66. The van der Waals surface area contributed by atoms with Gasteiger partial charge in [0.2, 0.25) is 0 Å². The van der Waals surface area contributed by atoms with Crippen molar-refractivity contribution in [2.24, 2.45) is 5.41 Å². The molecule has 0 bridgehead atoms. The molecular formula is C17H16O2. The molecule has 96 valence electrons. The normalized spacial score (nSPS) is 17.2. The molecule has 0 spiro atoms. The second-order valence-electron chi connectivity index (χ2n) is 4.90. The molecule has 0 radical (unpaired) electrons. The molecule has 2 heteroatoms. The Morgan fingerprint density at radius 2 is 1.89 bits per heavy atom. The Bertz CT molecular complexity index is 559. The van der Waals surface area contributed by atoms with Crippen molar-refractivity contribution < 1.29 is 9.59 Å². The Morgan fingerprint density at radius 3 is 2.47 bits per heavy atom. The predicted molar refractivity (Wildman–Crippen MR) is 74.6 cm³/mol. The maximum absolute atomic E-state index is 12.2. The summed E-state index contributed by atoms with van der Waals surface area (Å²) in [6, 6.07) is 7.46. The van der Waals surface area contributed by atoms with Crippen LogP contribution in [0.4, 0.5) is 0 Å². The van der Waals surface area contributed by atoms with E-state index in [0.717, 1.165) is 11.1 Å². The minimum atomic E-state index is -0.936. The van der Waals surface area contributed by atoms with Crippen LogP contribution in [-0.4, -0.2) is 11.6 Å². The van der Waals surface area contributed by atoms with Crippen molar-refractivity contribution in [2.45, 2.75) is 25.7 Å². The van der Waals surface area contributed by atoms with E-state index < -0.39 is 5.41 Å². The fourth-order valence-electron chi connectivity index (χ4n) is 2.74. The average molecular weight is 252 g/mol. The summed E-state index contributed by atoms with van der Waals surface area (Å²) in [5.41, 5.74) is 0.697. The minimum Gasteiger partial charge on any atom is -0.299 e. The van der Waals surface area contributed by atoms with Crippen LogP contribution in [0.2, 0.25) is 0 Å². The van der Waals surface area contributed by atoms with Gasteiger partial charge in [0.05, 0.1) is 5.41 Å². The van der Waals surface area contributed by atoms with Crippen molar-refractivity contribution in [2.75, 3.05) is 0 Å². The first-order valence-electron chi connectivity index (χ1n) is 6.36. The van der Waals surface area contributed by atoms with Gasteiger partial charge in [0.1, 0.15) is 11.6 Å². The zero-order valence-corrected chi connectivity index (χ0v) is 10.8.